The van der Waals surface area contributed by atoms with Crippen LogP contribution in [0.4, 0.5) is 23.7 Å². The highest BCUT2D eigenvalue weighted by Gasteiger charge is 2.29. The lowest BCUT2D eigenvalue weighted by Gasteiger charge is -2.18. The zero-order chi connectivity index (χ0) is 17.9. The second-order valence-electron chi connectivity index (χ2n) is 5.56. The first-order valence-electron chi connectivity index (χ1n) is 7.71. The van der Waals surface area contributed by atoms with E-state index >= 15 is 0 Å². The summed E-state index contributed by atoms with van der Waals surface area (Å²) >= 11 is 0. The maximum absolute atomic E-state index is 12.4. The predicted octanol–water partition coefficient (Wildman–Crippen LogP) is 3.30. The summed E-state index contributed by atoms with van der Waals surface area (Å²) in [5.74, 6) is -0.137. The van der Waals surface area contributed by atoms with Crippen LogP contribution in [0, 0.1) is 0 Å². The number of pyridine rings is 1. The third-order valence-corrected chi connectivity index (χ3v) is 3.78. The molecule has 2 heterocycles. The van der Waals surface area contributed by atoms with Crippen molar-refractivity contribution in [2.75, 3.05) is 18.1 Å². The summed E-state index contributed by atoms with van der Waals surface area (Å²) in [7, 11) is 0. The number of ether oxygens (including phenoxy) is 1. The summed E-state index contributed by atoms with van der Waals surface area (Å²) in [6, 6.07) is 10.4. The average Bonchev–Trinajstić information content (AvgIpc) is 3.02. The zero-order valence-electron chi connectivity index (χ0n) is 13.2. The van der Waals surface area contributed by atoms with Crippen LogP contribution >= 0.6 is 0 Å². The van der Waals surface area contributed by atoms with Gasteiger partial charge in [0.05, 0.1) is 0 Å². The monoisotopic (exact) mass is 351 g/mol. The Balaban J connectivity index is 1.63. The van der Waals surface area contributed by atoms with Gasteiger partial charge < -0.3 is 10.1 Å². The molecular weight excluding hydrogens is 335 g/mol. The predicted molar refractivity (Wildman–Crippen MR) is 85.5 cm³/mol. The van der Waals surface area contributed by atoms with Gasteiger partial charge in [0.2, 0.25) is 5.88 Å². The highest BCUT2D eigenvalue weighted by atomic mass is 19.4. The van der Waals surface area contributed by atoms with Crippen molar-refractivity contribution >= 4 is 11.7 Å². The van der Waals surface area contributed by atoms with Gasteiger partial charge in [-0.05, 0) is 24.1 Å². The molecule has 2 aromatic rings. The second-order valence-corrected chi connectivity index (χ2v) is 5.56. The van der Waals surface area contributed by atoms with E-state index in [9.17, 15) is 18.0 Å². The SMILES string of the molecule is O=C(NCc1cccnc1OCC(F)(F)F)N1CCc2ccccc21. The highest BCUT2D eigenvalue weighted by Crippen LogP contribution is 2.27. The summed E-state index contributed by atoms with van der Waals surface area (Å²) in [5, 5.41) is 2.71. The van der Waals surface area contributed by atoms with Gasteiger partial charge in [-0.15, -0.1) is 0 Å². The van der Waals surface area contributed by atoms with Crippen molar-refractivity contribution in [2.45, 2.75) is 19.1 Å². The molecule has 132 valence electrons. The quantitative estimate of drug-likeness (QED) is 0.920. The van der Waals surface area contributed by atoms with Gasteiger partial charge >= 0.3 is 12.2 Å². The third kappa shape index (κ3) is 4.20. The molecule has 1 aliphatic heterocycles. The number of hydrogen-bond acceptors (Lipinski definition) is 3. The smallest absolute Gasteiger partial charge is 0.422 e. The summed E-state index contributed by atoms with van der Waals surface area (Å²) in [6.07, 6.45) is -2.33. The molecular formula is C17H16F3N3O2. The van der Waals surface area contributed by atoms with Crippen molar-refractivity contribution in [2.24, 2.45) is 0 Å². The molecule has 2 amide bonds. The number of halogens is 3. The lowest BCUT2D eigenvalue weighted by molar-refractivity contribution is -0.154. The van der Waals surface area contributed by atoms with Crippen molar-refractivity contribution in [1.82, 2.24) is 10.3 Å². The minimum atomic E-state index is -4.45. The Morgan fingerprint density at radius 3 is 2.84 bits per heavy atom. The van der Waals surface area contributed by atoms with E-state index in [2.05, 4.69) is 10.3 Å². The molecule has 0 unspecified atom stereocenters. The number of rotatable bonds is 4. The molecule has 0 bridgehead atoms. The van der Waals surface area contributed by atoms with E-state index in [0.29, 0.717) is 12.1 Å². The largest absolute Gasteiger partial charge is 0.468 e. The van der Waals surface area contributed by atoms with Crippen LogP contribution in [0.5, 0.6) is 5.88 Å². The lowest BCUT2D eigenvalue weighted by Crippen LogP contribution is -2.38. The molecule has 0 aliphatic carbocycles. The van der Waals surface area contributed by atoms with E-state index in [1.807, 2.05) is 24.3 Å². The van der Waals surface area contributed by atoms with Crippen LogP contribution in [0.2, 0.25) is 0 Å². The molecule has 0 atom stereocenters. The number of hydrogen-bond donors (Lipinski definition) is 1. The number of urea groups is 1. The van der Waals surface area contributed by atoms with Crippen molar-refractivity contribution in [3.05, 3.63) is 53.7 Å². The first-order valence-corrected chi connectivity index (χ1v) is 7.71. The van der Waals surface area contributed by atoms with Gasteiger partial charge in [-0.3, -0.25) is 4.90 Å². The Morgan fingerprint density at radius 1 is 1.24 bits per heavy atom. The topological polar surface area (TPSA) is 54.5 Å². The second kappa shape index (κ2) is 7.00. The average molecular weight is 351 g/mol. The molecule has 5 nitrogen and oxygen atoms in total. The minimum Gasteiger partial charge on any atom is -0.468 e. The number of nitrogens with one attached hydrogen (secondary N) is 1. The van der Waals surface area contributed by atoms with Crippen LogP contribution in [-0.4, -0.2) is 30.3 Å². The van der Waals surface area contributed by atoms with E-state index in [0.717, 1.165) is 17.7 Å². The fraction of sp³-hybridized carbons (Fsp3) is 0.294. The fourth-order valence-corrected chi connectivity index (χ4v) is 2.65. The van der Waals surface area contributed by atoms with Crippen LogP contribution < -0.4 is 15.0 Å². The summed E-state index contributed by atoms with van der Waals surface area (Å²) in [4.78, 5) is 17.8. The first kappa shape index (κ1) is 17.1. The van der Waals surface area contributed by atoms with Crippen LogP contribution in [0.25, 0.3) is 0 Å². The van der Waals surface area contributed by atoms with Gasteiger partial charge in [0.25, 0.3) is 0 Å². The van der Waals surface area contributed by atoms with E-state index in [4.69, 9.17) is 4.74 Å². The van der Waals surface area contributed by atoms with Crippen molar-refractivity contribution < 1.29 is 22.7 Å². The first-order chi connectivity index (χ1) is 11.9. The zero-order valence-corrected chi connectivity index (χ0v) is 13.2. The Bertz CT molecular complexity index is 765. The number of nitrogens with zero attached hydrogens (tertiary/aromatic N) is 2. The van der Waals surface area contributed by atoms with Crippen LogP contribution in [0.1, 0.15) is 11.1 Å². The van der Waals surface area contributed by atoms with Crippen LogP contribution in [-0.2, 0) is 13.0 Å². The number of para-hydroxylation sites is 1. The van der Waals surface area contributed by atoms with Crippen molar-refractivity contribution in [3.63, 3.8) is 0 Å². The molecule has 0 saturated heterocycles. The molecule has 25 heavy (non-hydrogen) atoms. The van der Waals surface area contributed by atoms with Gasteiger partial charge in [-0.25, -0.2) is 9.78 Å². The number of fused-ring (bicyclic) bond motifs is 1. The molecule has 0 fully saturated rings. The molecule has 0 radical (unpaired) electrons. The molecule has 3 rings (SSSR count). The van der Waals surface area contributed by atoms with Gasteiger partial charge in [0, 0.05) is 30.5 Å². The maximum Gasteiger partial charge on any atom is 0.422 e. The van der Waals surface area contributed by atoms with E-state index in [-0.39, 0.29) is 18.5 Å². The Labute approximate surface area is 142 Å². The van der Waals surface area contributed by atoms with Crippen LogP contribution in [0.3, 0.4) is 0 Å². The van der Waals surface area contributed by atoms with E-state index < -0.39 is 12.8 Å². The number of anilines is 1. The van der Waals surface area contributed by atoms with Gasteiger partial charge in [-0.1, -0.05) is 24.3 Å². The molecule has 1 N–H and O–H groups in total. The number of carbonyl (C=O) groups is 1. The Hall–Kier alpha value is -2.77. The number of carbonyl (C=O) groups excluding carboxylic acids is 1. The molecule has 8 heteroatoms. The third-order valence-electron chi connectivity index (χ3n) is 3.78. The van der Waals surface area contributed by atoms with Crippen molar-refractivity contribution in [3.8, 4) is 5.88 Å². The Morgan fingerprint density at radius 2 is 2.04 bits per heavy atom. The highest BCUT2D eigenvalue weighted by molar-refractivity contribution is 5.94. The maximum atomic E-state index is 12.4. The van der Waals surface area contributed by atoms with E-state index in [1.165, 1.54) is 6.20 Å². The number of aromatic nitrogens is 1. The molecule has 1 aromatic heterocycles. The number of alkyl halides is 3. The Kier molecular flexibility index (Phi) is 4.78. The van der Waals surface area contributed by atoms with Crippen molar-refractivity contribution in [1.29, 1.82) is 0 Å². The molecule has 1 aromatic carbocycles. The number of amides is 2. The van der Waals surface area contributed by atoms with Gasteiger partial charge in [-0.2, -0.15) is 13.2 Å². The minimum absolute atomic E-state index is 0.0263. The summed E-state index contributed by atoms with van der Waals surface area (Å²) < 4.78 is 41.6. The van der Waals surface area contributed by atoms with E-state index in [1.54, 1.807) is 17.0 Å². The molecule has 0 saturated carbocycles. The fourth-order valence-electron chi connectivity index (χ4n) is 2.65. The standard InChI is InChI=1S/C17H16F3N3O2/c18-17(19,20)11-25-15-13(5-3-8-21-15)10-22-16(24)23-9-7-12-4-1-2-6-14(12)23/h1-6,8H,7,9-11H2,(H,22,24). The normalized spacial score (nSPS) is 13.5. The van der Waals surface area contributed by atoms with Gasteiger partial charge in [0.1, 0.15) is 0 Å². The molecule has 0 spiro atoms. The molecule has 1 aliphatic rings. The summed E-state index contributed by atoms with van der Waals surface area (Å²) in [6.45, 7) is -0.835. The van der Waals surface area contributed by atoms with Gasteiger partial charge in [0.15, 0.2) is 6.61 Å². The lowest BCUT2D eigenvalue weighted by atomic mass is 10.2. The van der Waals surface area contributed by atoms with Crippen LogP contribution in [0.15, 0.2) is 42.6 Å². The number of benzene rings is 1. The summed E-state index contributed by atoms with van der Waals surface area (Å²) in [5.41, 5.74) is 2.32.